The van der Waals surface area contributed by atoms with Gasteiger partial charge in [-0.05, 0) is 53.1 Å². The highest BCUT2D eigenvalue weighted by Gasteiger charge is 2.13. The standard InChI is InChI=1S/C27H27NO4/c1-29-22-10-6-20(7-11-22)24-17-28(16-19-5-14-26(31-3)27(15-19)32-4)18-25(24)21-8-12-23(30-2)13-9-21/h5-15,17-18H,16H2,1-4H3. The molecule has 5 heteroatoms. The van der Waals surface area contributed by atoms with Crippen molar-refractivity contribution in [2.24, 2.45) is 0 Å². The molecule has 0 fully saturated rings. The van der Waals surface area contributed by atoms with Crippen molar-refractivity contribution >= 4 is 0 Å². The zero-order valence-electron chi connectivity index (χ0n) is 18.8. The Kier molecular flexibility index (Phi) is 6.36. The lowest BCUT2D eigenvalue weighted by molar-refractivity contribution is 0.354. The van der Waals surface area contributed by atoms with E-state index < -0.39 is 0 Å². The molecule has 0 aliphatic rings. The van der Waals surface area contributed by atoms with Crippen molar-refractivity contribution < 1.29 is 18.9 Å². The van der Waals surface area contributed by atoms with Crippen LogP contribution in [0.4, 0.5) is 0 Å². The second-order valence-corrected chi connectivity index (χ2v) is 7.40. The van der Waals surface area contributed by atoms with Crippen LogP contribution in [0.1, 0.15) is 5.56 Å². The predicted octanol–water partition coefficient (Wildman–Crippen LogP) is 5.90. The van der Waals surface area contributed by atoms with E-state index in [9.17, 15) is 0 Å². The van der Waals surface area contributed by atoms with Gasteiger partial charge in [-0.15, -0.1) is 0 Å². The van der Waals surface area contributed by atoms with Crippen LogP contribution in [0.15, 0.2) is 79.1 Å². The Bertz CT molecular complexity index is 1110. The van der Waals surface area contributed by atoms with Gasteiger partial charge in [-0.2, -0.15) is 0 Å². The lowest BCUT2D eigenvalue weighted by atomic mass is 9.99. The van der Waals surface area contributed by atoms with Crippen molar-refractivity contribution in [3.63, 3.8) is 0 Å². The summed E-state index contributed by atoms with van der Waals surface area (Å²) in [5.74, 6) is 3.12. The summed E-state index contributed by atoms with van der Waals surface area (Å²) in [5, 5.41) is 0. The average Bonchev–Trinajstić information content (AvgIpc) is 3.27. The first-order valence-electron chi connectivity index (χ1n) is 10.3. The molecule has 0 radical (unpaired) electrons. The van der Waals surface area contributed by atoms with Gasteiger partial charge in [0.1, 0.15) is 11.5 Å². The maximum Gasteiger partial charge on any atom is 0.161 e. The molecule has 0 N–H and O–H groups in total. The Morgan fingerprint density at radius 3 is 1.50 bits per heavy atom. The predicted molar refractivity (Wildman–Crippen MR) is 127 cm³/mol. The summed E-state index contributed by atoms with van der Waals surface area (Å²) in [4.78, 5) is 0. The summed E-state index contributed by atoms with van der Waals surface area (Å²) in [7, 11) is 6.65. The van der Waals surface area contributed by atoms with Gasteiger partial charge < -0.3 is 23.5 Å². The molecular formula is C27H27NO4. The summed E-state index contributed by atoms with van der Waals surface area (Å²) >= 11 is 0. The molecule has 3 aromatic carbocycles. The van der Waals surface area contributed by atoms with E-state index in [-0.39, 0.29) is 0 Å². The molecule has 0 spiro atoms. The second-order valence-electron chi connectivity index (χ2n) is 7.40. The Labute approximate surface area is 188 Å². The molecule has 4 rings (SSSR count). The van der Waals surface area contributed by atoms with E-state index in [1.165, 1.54) is 0 Å². The van der Waals surface area contributed by atoms with Crippen LogP contribution >= 0.6 is 0 Å². The van der Waals surface area contributed by atoms with Crippen molar-refractivity contribution in [1.82, 2.24) is 4.57 Å². The minimum atomic E-state index is 0.708. The molecule has 1 heterocycles. The van der Waals surface area contributed by atoms with E-state index in [1.807, 2.05) is 36.4 Å². The van der Waals surface area contributed by atoms with Gasteiger partial charge in [0.25, 0.3) is 0 Å². The fourth-order valence-corrected chi connectivity index (χ4v) is 3.79. The Morgan fingerprint density at radius 2 is 1.06 bits per heavy atom. The van der Waals surface area contributed by atoms with E-state index in [1.54, 1.807) is 28.4 Å². The van der Waals surface area contributed by atoms with Gasteiger partial charge in [0, 0.05) is 30.1 Å². The number of ether oxygens (including phenoxy) is 4. The van der Waals surface area contributed by atoms with Crippen LogP contribution in [-0.4, -0.2) is 33.0 Å². The van der Waals surface area contributed by atoms with E-state index in [4.69, 9.17) is 18.9 Å². The lowest BCUT2D eigenvalue weighted by Gasteiger charge is -2.10. The number of nitrogens with zero attached hydrogens (tertiary/aromatic N) is 1. The third kappa shape index (κ3) is 4.42. The topological polar surface area (TPSA) is 41.9 Å². The molecule has 0 bridgehead atoms. The monoisotopic (exact) mass is 429 g/mol. The van der Waals surface area contributed by atoms with Crippen LogP contribution in [0.3, 0.4) is 0 Å². The van der Waals surface area contributed by atoms with Crippen molar-refractivity contribution in [1.29, 1.82) is 0 Å². The minimum Gasteiger partial charge on any atom is -0.497 e. The quantitative estimate of drug-likeness (QED) is 0.349. The summed E-state index contributed by atoms with van der Waals surface area (Å²) in [6.45, 7) is 0.708. The summed E-state index contributed by atoms with van der Waals surface area (Å²) in [6.07, 6.45) is 4.36. The number of aromatic nitrogens is 1. The van der Waals surface area contributed by atoms with Crippen LogP contribution in [0.25, 0.3) is 22.3 Å². The molecule has 0 unspecified atom stereocenters. The normalized spacial score (nSPS) is 10.6. The number of methoxy groups -OCH3 is 4. The van der Waals surface area contributed by atoms with Gasteiger partial charge in [-0.3, -0.25) is 0 Å². The molecule has 0 amide bonds. The minimum absolute atomic E-state index is 0.708. The van der Waals surface area contributed by atoms with Crippen molar-refractivity contribution in [3.8, 4) is 45.3 Å². The summed E-state index contributed by atoms with van der Waals surface area (Å²) < 4.78 is 23.7. The number of benzene rings is 3. The highest BCUT2D eigenvalue weighted by Crippen LogP contribution is 2.35. The Morgan fingerprint density at radius 1 is 0.562 bits per heavy atom. The first kappa shape index (κ1) is 21.4. The van der Waals surface area contributed by atoms with Gasteiger partial charge >= 0.3 is 0 Å². The van der Waals surface area contributed by atoms with Crippen molar-refractivity contribution in [3.05, 3.63) is 84.7 Å². The summed E-state index contributed by atoms with van der Waals surface area (Å²) in [5.41, 5.74) is 5.68. The third-order valence-corrected chi connectivity index (χ3v) is 5.50. The SMILES string of the molecule is COc1ccc(-c2cn(Cc3ccc(OC)c(OC)c3)cc2-c2ccc(OC)cc2)cc1. The molecule has 5 nitrogen and oxygen atoms in total. The molecule has 0 aliphatic carbocycles. The average molecular weight is 430 g/mol. The first-order chi connectivity index (χ1) is 15.6. The maximum absolute atomic E-state index is 5.47. The zero-order valence-corrected chi connectivity index (χ0v) is 18.8. The largest absolute Gasteiger partial charge is 0.497 e. The van der Waals surface area contributed by atoms with Crippen LogP contribution in [0, 0.1) is 0 Å². The van der Waals surface area contributed by atoms with Gasteiger partial charge in [0.2, 0.25) is 0 Å². The van der Waals surface area contributed by atoms with E-state index >= 15 is 0 Å². The molecule has 1 aromatic heterocycles. The van der Waals surface area contributed by atoms with Crippen LogP contribution in [0.5, 0.6) is 23.0 Å². The molecule has 32 heavy (non-hydrogen) atoms. The molecule has 4 aromatic rings. The van der Waals surface area contributed by atoms with Crippen LogP contribution < -0.4 is 18.9 Å². The van der Waals surface area contributed by atoms with E-state index in [0.717, 1.165) is 50.8 Å². The van der Waals surface area contributed by atoms with Crippen LogP contribution in [-0.2, 0) is 6.54 Å². The smallest absolute Gasteiger partial charge is 0.161 e. The van der Waals surface area contributed by atoms with Gasteiger partial charge in [-0.25, -0.2) is 0 Å². The van der Waals surface area contributed by atoms with E-state index in [2.05, 4.69) is 47.3 Å². The Hall–Kier alpha value is -3.86. The maximum atomic E-state index is 5.47. The molecule has 0 saturated carbocycles. The zero-order chi connectivity index (χ0) is 22.5. The van der Waals surface area contributed by atoms with Gasteiger partial charge in [0.05, 0.1) is 28.4 Å². The molecule has 0 aliphatic heterocycles. The van der Waals surface area contributed by atoms with Gasteiger partial charge in [-0.1, -0.05) is 30.3 Å². The highest BCUT2D eigenvalue weighted by molar-refractivity contribution is 5.83. The van der Waals surface area contributed by atoms with Crippen LogP contribution in [0.2, 0.25) is 0 Å². The van der Waals surface area contributed by atoms with Gasteiger partial charge in [0.15, 0.2) is 11.5 Å². The fourth-order valence-electron chi connectivity index (χ4n) is 3.79. The van der Waals surface area contributed by atoms with Crippen molar-refractivity contribution in [2.75, 3.05) is 28.4 Å². The Balaban J connectivity index is 1.74. The highest BCUT2D eigenvalue weighted by atomic mass is 16.5. The molecular weight excluding hydrogens is 402 g/mol. The fraction of sp³-hybridized carbons (Fsp3) is 0.185. The lowest BCUT2D eigenvalue weighted by Crippen LogP contribution is -1.98. The second kappa shape index (κ2) is 9.52. The molecule has 0 atom stereocenters. The molecule has 164 valence electrons. The molecule has 0 saturated heterocycles. The number of hydrogen-bond donors (Lipinski definition) is 0. The summed E-state index contributed by atoms with van der Waals surface area (Å²) in [6, 6.07) is 22.3. The van der Waals surface area contributed by atoms with Crippen molar-refractivity contribution in [2.45, 2.75) is 6.54 Å². The number of hydrogen-bond acceptors (Lipinski definition) is 4. The number of rotatable bonds is 8. The first-order valence-corrected chi connectivity index (χ1v) is 10.3. The third-order valence-electron chi connectivity index (χ3n) is 5.50. The van der Waals surface area contributed by atoms with E-state index in [0.29, 0.717) is 6.54 Å².